The van der Waals surface area contributed by atoms with Crippen LogP contribution in [-0.4, -0.2) is 50.7 Å². The molecule has 8 nitrogen and oxygen atoms in total. The average molecular weight is 526 g/mol. The van der Waals surface area contributed by atoms with Gasteiger partial charge in [-0.3, -0.25) is 14.5 Å². The summed E-state index contributed by atoms with van der Waals surface area (Å²) in [5.41, 5.74) is -2.68. The molecule has 1 aliphatic carbocycles. The molecule has 0 bridgehead atoms. The van der Waals surface area contributed by atoms with Crippen molar-refractivity contribution in [2.24, 2.45) is 0 Å². The maximum atomic E-state index is 13.9. The standard InChI is InChI=1S/C20H18ClF6N5O3/c21-16(22)18(34)32(14-2-1-13(9-30-14)35-20(25,26)27)15(11-7-28-10-29-8-11)17(33)31-12-3-5-19(23,24)6-4-12/h1-2,7-10,12,15-16H,3-6H2,(H,31,33)/t15?,16-/m0/s1. The van der Waals surface area contributed by atoms with Gasteiger partial charge in [0.25, 0.3) is 11.5 Å². The molecule has 1 saturated carbocycles. The molecule has 2 heterocycles. The largest absolute Gasteiger partial charge is 0.573 e. The molecule has 0 spiro atoms. The summed E-state index contributed by atoms with van der Waals surface area (Å²) in [6, 6.07) is -0.648. The molecule has 1 fully saturated rings. The first-order chi connectivity index (χ1) is 16.4. The Hall–Kier alpha value is -3.16. The lowest BCUT2D eigenvalue weighted by Gasteiger charge is -2.33. The van der Waals surface area contributed by atoms with Crippen molar-refractivity contribution in [1.82, 2.24) is 20.3 Å². The van der Waals surface area contributed by atoms with E-state index in [1.54, 1.807) is 0 Å². The number of hydrogen-bond acceptors (Lipinski definition) is 6. The normalized spacial score (nSPS) is 17.8. The third-order valence-corrected chi connectivity index (χ3v) is 5.28. The van der Waals surface area contributed by atoms with Crippen LogP contribution in [0.5, 0.6) is 5.75 Å². The number of amides is 2. The molecule has 35 heavy (non-hydrogen) atoms. The Bertz CT molecular complexity index is 1020. The summed E-state index contributed by atoms with van der Waals surface area (Å²) in [5.74, 6) is -6.39. The van der Waals surface area contributed by atoms with Gasteiger partial charge >= 0.3 is 6.36 Å². The molecular formula is C20H18ClF6N5O3. The number of nitrogens with zero attached hydrogens (tertiary/aromatic N) is 4. The van der Waals surface area contributed by atoms with Gasteiger partial charge in [-0.25, -0.2) is 28.1 Å². The van der Waals surface area contributed by atoms with Gasteiger partial charge < -0.3 is 10.1 Å². The smallest absolute Gasteiger partial charge is 0.404 e. The molecule has 2 amide bonds. The molecule has 1 aliphatic rings. The first-order valence-corrected chi connectivity index (χ1v) is 10.6. The van der Waals surface area contributed by atoms with Gasteiger partial charge in [0.2, 0.25) is 11.8 Å². The maximum Gasteiger partial charge on any atom is 0.573 e. The molecule has 15 heteroatoms. The summed E-state index contributed by atoms with van der Waals surface area (Å²) in [7, 11) is 0. The molecule has 2 aromatic rings. The third-order valence-electron chi connectivity index (χ3n) is 5.09. The lowest BCUT2D eigenvalue weighted by molar-refractivity contribution is -0.274. The van der Waals surface area contributed by atoms with Crippen LogP contribution in [-0.2, 0) is 9.59 Å². The van der Waals surface area contributed by atoms with E-state index < -0.39 is 66.2 Å². The average Bonchev–Trinajstić information content (AvgIpc) is 2.78. The summed E-state index contributed by atoms with van der Waals surface area (Å²) in [6.45, 7) is 0. The number of carbonyl (C=O) groups excluding carboxylic acids is 2. The van der Waals surface area contributed by atoms with Crippen molar-refractivity contribution in [2.45, 2.75) is 55.7 Å². The molecule has 190 valence electrons. The van der Waals surface area contributed by atoms with Crippen molar-refractivity contribution in [3.8, 4) is 5.75 Å². The molecule has 3 rings (SSSR count). The van der Waals surface area contributed by atoms with E-state index in [9.17, 15) is 35.9 Å². The van der Waals surface area contributed by atoms with E-state index in [4.69, 9.17) is 11.6 Å². The molecule has 2 atom stereocenters. The van der Waals surface area contributed by atoms with Crippen molar-refractivity contribution in [3.05, 3.63) is 42.6 Å². The van der Waals surface area contributed by atoms with Crippen LogP contribution in [0.1, 0.15) is 37.3 Å². The highest BCUT2D eigenvalue weighted by atomic mass is 35.5. The fraction of sp³-hybridized carbons (Fsp3) is 0.450. The van der Waals surface area contributed by atoms with E-state index in [2.05, 4.69) is 25.0 Å². The lowest BCUT2D eigenvalue weighted by atomic mass is 9.92. The lowest BCUT2D eigenvalue weighted by Crippen LogP contribution is -2.49. The van der Waals surface area contributed by atoms with Crippen LogP contribution in [0.2, 0.25) is 0 Å². The summed E-state index contributed by atoms with van der Waals surface area (Å²) < 4.78 is 82.0. The Labute approximate surface area is 199 Å². The predicted octanol–water partition coefficient (Wildman–Crippen LogP) is 4.07. The van der Waals surface area contributed by atoms with E-state index in [0.717, 1.165) is 30.9 Å². The number of ether oxygens (including phenoxy) is 1. The molecule has 0 radical (unpaired) electrons. The van der Waals surface area contributed by atoms with Gasteiger partial charge in [-0.15, -0.1) is 13.2 Å². The first-order valence-electron chi connectivity index (χ1n) is 10.1. The predicted molar refractivity (Wildman–Crippen MR) is 109 cm³/mol. The van der Waals surface area contributed by atoms with Crippen molar-refractivity contribution in [1.29, 1.82) is 0 Å². The topological polar surface area (TPSA) is 97.3 Å². The zero-order valence-corrected chi connectivity index (χ0v) is 18.4. The monoisotopic (exact) mass is 525 g/mol. The molecular weight excluding hydrogens is 508 g/mol. The van der Waals surface area contributed by atoms with Gasteiger partial charge in [0.05, 0.1) is 6.20 Å². The van der Waals surface area contributed by atoms with Crippen LogP contribution in [0.3, 0.4) is 0 Å². The number of rotatable bonds is 7. The highest BCUT2D eigenvalue weighted by Gasteiger charge is 2.40. The van der Waals surface area contributed by atoms with Crippen molar-refractivity contribution in [3.63, 3.8) is 0 Å². The van der Waals surface area contributed by atoms with Crippen LogP contribution in [0, 0.1) is 0 Å². The van der Waals surface area contributed by atoms with Crippen molar-refractivity contribution in [2.75, 3.05) is 4.90 Å². The molecule has 1 unspecified atom stereocenters. The van der Waals surface area contributed by atoms with Crippen LogP contribution >= 0.6 is 11.6 Å². The second-order valence-electron chi connectivity index (χ2n) is 7.62. The minimum absolute atomic E-state index is 0.0192. The van der Waals surface area contributed by atoms with Gasteiger partial charge in [-0.05, 0) is 25.0 Å². The first kappa shape index (κ1) is 26.4. The Balaban J connectivity index is 1.96. The third kappa shape index (κ3) is 7.16. The number of halogens is 7. The van der Waals surface area contributed by atoms with Crippen LogP contribution in [0.15, 0.2) is 37.1 Å². The molecule has 0 saturated heterocycles. The fourth-order valence-electron chi connectivity index (χ4n) is 3.52. The Morgan fingerprint density at radius 1 is 1.14 bits per heavy atom. The SMILES string of the molecule is O=C(NC1CCC(F)(F)CC1)C(c1cncnc1)N(C(=O)[C@H](F)Cl)c1ccc(OC(F)(F)F)cn1. The van der Waals surface area contributed by atoms with Gasteiger partial charge in [0.15, 0.2) is 0 Å². The number of carbonyl (C=O) groups is 2. The van der Waals surface area contributed by atoms with Gasteiger partial charge in [0.1, 0.15) is 23.9 Å². The highest BCUT2D eigenvalue weighted by molar-refractivity contribution is 6.32. The van der Waals surface area contributed by atoms with Crippen LogP contribution in [0.25, 0.3) is 0 Å². The summed E-state index contributed by atoms with van der Waals surface area (Å²) in [4.78, 5) is 37.7. The van der Waals surface area contributed by atoms with Gasteiger partial charge in [-0.1, -0.05) is 11.6 Å². The molecule has 1 N–H and O–H groups in total. The number of aromatic nitrogens is 3. The Morgan fingerprint density at radius 3 is 2.29 bits per heavy atom. The van der Waals surface area contributed by atoms with Gasteiger partial charge in [-0.2, -0.15) is 0 Å². The van der Waals surface area contributed by atoms with Crippen molar-refractivity contribution < 1.29 is 40.7 Å². The maximum absolute atomic E-state index is 13.9. The second kappa shape index (κ2) is 10.6. The summed E-state index contributed by atoms with van der Waals surface area (Å²) in [5, 5.41) is 2.55. The van der Waals surface area contributed by atoms with E-state index in [-0.39, 0.29) is 18.4 Å². The van der Waals surface area contributed by atoms with Crippen molar-refractivity contribution >= 4 is 29.2 Å². The Morgan fingerprint density at radius 2 is 1.77 bits per heavy atom. The fourth-order valence-corrected chi connectivity index (χ4v) is 3.63. The van der Waals surface area contributed by atoms with Crippen LogP contribution in [0.4, 0.5) is 32.2 Å². The molecule has 0 aliphatic heterocycles. The van der Waals surface area contributed by atoms with E-state index >= 15 is 0 Å². The van der Waals surface area contributed by atoms with E-state index in [1.807, 2.05) is 0 Å². The molecule has 2 aromatic heterocycles. The number of nitrogens with one attached hydrogen (secondary N) is 1. The number of hydrogen-bond donors (Lipinski definition) is 1. The second-order valence-corrected chi connectivity index (χ2v) is 8.01. The van der Waals surface area contributed by atoms with Gasteiger partial charge in [0, 0.05) is 36.8 Å². The number of pyridine rings is 1. The summed E-state index contributed by atoms with van der Waals surface area (Å²) >= 11 is 5.35. The number of anilines is 1. The quantitative estimate of drug-likeness (QED) is 0.432. The van der Waals surface area contributed by atoms with Crippen LogP contribution < -0.4 is 15.0 Å². The highest BCUT2D eigenvalue weighted by Crippen LogP contribution is 2.34. The Kier molecular flexibility index (Phi) is 8.03. The zero-order valence-electron chi connectivity index (χ0n) is 17.7. The van der Waals surface area contributed by atoms with E-state index in [1.165, 1.54) is 0 Å². The minimum Gasteiger partial charge on any atom is -0.404 e. The number of alkyl halides is 7. The van der Waals surface area contributed by atoms with E-state index in [0.29, 0.717) is 11.1 Å². The summed E-state index contributed by atoms with van der Waals surface area (Å²) in [6.07, 6.45) is -2.00. The molecule has 0 aromatic carbocycles. The zero-order chi connectivity index (χ0) is 25.8. The minimum atomic E-state index is -5.01.